The minimum atomic E-state index is -3.93. The first-order chi connectivity index (χ1) is 12.7. The summed E-state index contributed by atoms with van der Waals surface area (Å²) in [5.74, 6) is -0.544. The summed E-state index contributed by atoms with van der Waals surface area (Å²) < 4.78 is 38.0. The molecule has 0 saturated heterocycles. The Bertz CT molecular complexity index is 921. The van der Waals surface area contributed by atoms with Gasteiger partial charge in [-0.1, -0.05) is 12.1 Å². The molecule has 0 radical (unpaired) electrons. The van der Waals surface area contributed by atoms with Gasteiger partial charge < -0.3 is 9.47 Å². The normalized spacial score (nSPS) is 12.1. The standard InChI is InChI=1S/C19H21NO6S/c1-4-25-15-9-11-16(12-10-15)27(23,24)20-18-8-6-5-7-17(18)19(22)26-14(3)13(2)21/h5-12,14,20H,4H2,1-3H3/t14-/m1/s1. The van der Waals surface area contributed by atoms with Crippen molar-refractivity contribution in [3.8, 4) is 5.75 Å². The molecular formula is C19H21NO6S. The number of Topliss-reactive ketones (excluding diaryl/α,β-unsaturated/α-hetero) is 1. The molecule has 0 heterocycles. The predicted molar refractivity (Wildman–Crippen MR) is 100 cm³/mol. The molecular weight excluding hydrogens is 370 g/mol. The molecule has 2 aromatic rings. The molecule has 2 aromatic carbocycles. The summed E-state index contributed by atoms with van der Waals surface area (Å²) in [5, 5.41) is 0. The van der Waals surface area contributed by atoms with Crippen molar-refractivity contribution in [2.75, 3.05) is 11.3 Å². The van der Waals surface area contributed by atoms with Gasteiger partial charge in [0.2, 0.25) is 0 Å². The van der Waals surface area contributed by atoms with Crippen LogP contribution < -0.4 is 9.46 Å². The second-order valence-corrected chi connectivity index (χ2v) is 7.40. The number of hydrogen-bond acceptors (Lipinski definition) is 6. The number of ketones is 1. The summed E-state index contributed by atoms with van der Waals surface area (Å²) in [6, 6.07) is 11.9. The van der Waals surface area contributed by atoms with Gasteiger partial charge in [-0.25, -0.2) is 13.2 Å². The maximum Gasteiger partial charge on any atom is 0.340 e. The van der Waals surface area contributed by atoms with Crippen LogP contribution in [0.25, 0.3) is 0 Å². The number of rotatable bonds is 8. The molecule has 8 heteroatoms. The number of sulfonamides is 1. The van der Waals surface area contributed by atoms with Crippen molar-refractivity contribution < 1.29 is 27.5 Å². The number of ether oxygens (including phenoxy) is 2. The van der Waals surface area contributed by atoms with Crippen LogP contribution >= 0.6 is 0 Å². The van der Waals surface area contributed by atoms with Gasteiger partial charge in [-0.2, -0.15) is 0 Å². The lowest BCUT2D eigenvalue weighted by atomic mass is 10.2. The number of esters is 1. The van der Waals surface area contributed by atoms with Gasteiger partial charge in [-0.05, 0) is 57.2 Å². The molecule has 1 atom stereocenters. The van der Waals surface area contributed by atoms with Gasteiger partial charge >= 0.3 is 5.97 Å². The number of nitrogens with one attached hydrogen (secondary N) is 1. The number of carbonyl (C=O) groups is 2. The molecule has 27 heavy (non-hydrogen) atoms. The molecule has 1 N–H and O–H groups in total. The summed E-state index contributed by atoms with van der Waals surface area (Å²) >= 11 is 0. The highest BCUT2D eigenvalue weighted by atomic mass is 32.2. The minimum absolute atomic E-state index is 0.0140. The highest BCUT2D eigenvalue weighted by Gasteiger charge is 2.21. The Kier molecular flexibility index (Phi) is 6.57. The Balaban J connectivity index is 2.26. The highest BCUT2D eigenvalue weighted by molar-refractivity contribution is 7.92. The lowest BCUT2D eigenvalue weighted by Crippen LogP contribution is -2.23. The van der Waals surface area contributed by atoms with Crippen molar-refractivity contribution in [3.05, 3.63) is 54.1 Å². The Morgan fingerprint density at radius 2 is 1.70 bits per heavy atom. The van der Waals surface area contributed by atoms with E-state index in [4.69, 9.17) is 9.47 Å². The maximum absolute atomic E-state index is 12.6. The van der Waals surface area contributed by atoms with E-state index in [-0.39, 0.29) is 21.9 Å². The van der Waals surface area contributed by atoms with E-state index >= 15 is 0 Å². The third-order valence-corrected chi connectivity index (χ3v) is 5.07. The monoisotopic (exact) mass is 391 g/mol. The molecule has 0 amide bonds. The summed E-state index contributed by atoms with van der Waals surface area (Å²) in [7, 11) is -3.93. The van der Waals surface area contributed by atoms with E-state index in [2.05, 4.69) is 4.72 Å². The quantitative estimate of drug-likeness (QED) is 0.695. The lowest BCUT2D eigenvalue weighted by Gasteiger charge is -2.14. The first-order valence-corrected chi connectivity index (χ1v) is 9.79. The zero-order valence-corrected chi connectivity index (χ0v) is 16.1. The number of carbonyl (C=O) groups excluding carboxylic acids is 2. The van der Waals surface area contributed by atoms with E-state index < -0.39 is 22.1 Å². The molecule has 0 saturated carbocycles. The van der Waals surface area contributed by atoms with Crippen molar-refractivity contribution in [2.24, 2.45) is 0 Å². The summed E-state index contributed by atoms with van der Waals surface area (Å²) in [6.45, 7) is 5.05. The summed E-state index contributed by atoms with van der Waals surface area (Å²) in [6.07, 6.45) is -0.923. The van der Waals surface area contributed by atoms with Gasteiger partial charge in [0, 0.05) is 0 Å². The van der Waals surface area contributed by atoms with Crippen LogP contribution in [0.5, 0.6) is 5.75 Å². The van der Waals surface area contributed by atoms with Crippen LogP contribution in [0.2, 0.25) is 0 Å². The third-order valence-electron chi connectivity index (χ3n) is 3.69. The average molecular weight is 391 g/mol. The molecule has 0 aromatic heterocycles. The van der Waals surface area contributed by atoms with Crippen molar-refractivity contribution in [3.63, 3.8) is 0 Å². The van der Waals surface area contributed by atoms with Crippen LogP contribution in [0.4, 0.5) is 5.69 Å². The second-order valence-electron chi connectivity index (χ2n) is 5.71. The Morgan fingerprint density at radius 1 is 1.07 bits per heavy atom. The van der Waals surface area contributed by atoms with Crippen LogP contribution in [0.15, 0.2) is 53.4 Å². The van der Waals surface area contributed by atoms with E-state index in [1.54, 1.807) is 24.3 Å². The van der Waals surface area contributed by atoms with Gasteiger partial charge in [-0.15, -0.1) is 0 Å². The Morgan fingerprint density at radius 3 is 2.30 bits per heavy atom. The molecule has 0 aliphatic rings. The van der Waals surface area contributed by atoms with Crippen LogP contribution in [-0.4, -0.2) is 32.9 Å². The number of hydrogen-bond donors (Lipinski definition) is 1. The number of anilines is 1. The van der Waals surface area contributed by atoms with E-state index in [1.807, 2.05) is 6.92 Å². The van der Waals surface area contributed by atoms with Gasteiger partial charge in [0.1, 0.15) is 5.75 Å². The van der Waals surface area contributed by atoms with E-state index in [0.717, 1.165) is 0 Å². The number of para-hydroxylation sites is 1. The molecule has 0 spiro atoms. The molecule has 2 rings (SSSR count). The van der Waals surface area contributed by atoms with Crippen LogP contribution in [0, 0.1) is 0 Å². The molecule has 0 fully saturated rings. The summed E-state index contributed by atoms with van der Waals surface area (Å²) in [4.78, 5) is 23.6. The first kappa shape index (κ1) is 20.4. The van der Waals surface area contributed by atoms with Crippen LogP contribution in [-0.2, 0) is 19.6 Å². The smallest absolute Gasteiger partial charge is 0.340 e. The maximum atomic E-state index is 12.6. The van der Waals surface area contributed by atoms with Crippen molar-refractivity contribution in [1.82, 2.24) is 0 Å². The SMILES string of the molecule is CCOc1ccc(S(=O)(=O)Nc2ccccc2C(=O)O[C@H](C)C(C)=O)cc1. The zero-order valence-electron chi connectivity index (χ0n) is 15.3. The molecule has 7 nitrogen and oxygen atoms in total. The van der Waals surface area contributed by atoms with Gasteiger partial charge in [0.05, 0.1) is 22.8 Å². The number of benzene rings is 2. The largest absolute Gasteiger partial charge is 0.494 e. The second kappa shape index (κ2) is 8.68. The van der Waals surface area contributed by atoms with E-state index in [0.29, 0.717) is 12.4 Å². The predicted octanol–water partition coefficient (Wildman–Crippen LogP) is 3.02. The van der Waals surface area contributed by atoms with E-state index in [1.165, 1.54) is 38.1 Å². The fourth-order valence-corrected chi connectivity index (χ4v) is 3.22. The topological polar surface area (TPSA) is 98.8 Å². The van der Waals surface area contributed by atoms with Gasteiger partial charge in [0.15, 0.2) is 11.9 Å². The molecule has 0 aliphatic carbocycles. The lowest BCUT2D eigenvalue weighted by molar-refractivity contribution is -0.124. The average Bonchev–Trinajstić information content (AvgIpc) is 2.62. The fourth-order valence-electron chi connectivity index (χ4n) is 2.14. The molecule has 0 unspecified atom stereocenters. The highest BCUT2D eigenvalue weighted by Crippen LogP contribution is 2.23. The Hall–Kier alpha value is -2.87. The van der Waals surface area contributed by atoms with E-state index in [9.17, 15) is 18.0 Å². The first-order valence-electron chi connectivity index (χ1n) is 8.30. The fraction of sp³-hybridized carbons (Fsp3) is 0.263. The third kappa shape index (κ3) is 5.30. The molecule has 0 bridgehead atoms. The van der Waals surface area contributed by atoms with Crippen molar-refractivity contribution in [2.45, 2.75) is 31.8 Å². The van der Waals surface area contributed by atoms with Crippen molar-refractivity contribution in [1.29, 1.82) is 0 Å². The minimum Gasteiger partial charge on any atom is -0.494 e. The van der Waals surface area contributed by atoms with Gasteiger partial charge in [-0.3, -0.25) is 9.52 Å². The Labute approximate surface area is 158 Å². The molecule has 0 aliphatic heterocycles. The summed E-state index contributed by atoms with van der Waals surface area (Å²) in [5.41, 5.74) is 0.0762. The van der Waals surface area contributed by atoms with Crippen molar-refractivity contribution >= 4 is 27.5 Å². The van der Waals surface area contributed by atoms with Crippen LogP contribution in [0.1, 0.15) is 31.1 Å². The van der Waals surface area contributed by atoms with Gasteiger partial charge in [0.25, 0.3) is 10.0 Å². The molecule has 144 valence electrons. The van der Waals surface area contributed by atoms with Crippen LogP contribution in [0.3, 0.4) is 0 Å². The zero-order chi connectivity index (χ0) is 20.0.